The molecule has 1 fully saturated rings. The van der Waals surface area contributed by atoms with Crippen LogP contribution < -0.4 is 0 Å². The molecule has 2 nitrogen and oxygen atoms in total. The first kappa shape index (κ1) is 15.0. The van der Waals surface area contributed by atoms with Gasteiger partial charge in [0.15, 0.2) is 0 Å². The predicted molar refractivity (Wildman–Crippen MR) is 95.2 cm³/mol. The Hall–Kier alpha value is -2.58. The Morgan fingerprint density at radius 1 is 0.792 bits per heavy atom. The average Bonchev–Trinajstić information content (AvgIpc) is 3.48. The fraction of sp³-hybridized carbons (Fsp3) is 0.182. The monoisotopic (exact) mass is 316 g/mol. The highest BCUT2D eigenvalue weighted by molar-refractivity contribution is 5.50. The lowest BCUT2D eigenvalue weighted by atomic mass is 9.71. The first-order valence-corrected chi connectivity index (χ1v) is 8.25. The van der Waals surface area contributed by atoms with Gasteiger partial charge in [-0.2, -0.15) is 0 Å². The van der Waals surface area contributed by atoms with Crippen LogP contribution in [0.1, 0.15) is 35.3 Å². The molecule has 1 N–H and O–H groups in total. The molecule has 0 saturated carbocycles. The molecule has 2 unspecified atom stereocenters. The van der Waals surface area contributed by atoms with E-state index in [0.29, 0.717) is 0 Å². The highest BCUT2D eigenvalue weighted by Crippen LogP contribution is 2.40. The van der Waals surface area contributed by atoms with E-state index in [0.717, 1.165) is 12.2 Å². The van der Waals surface area contributed by atoms with Crippen LogP contribution in [-0.2, 0) is 10.2 Å². The Balaban J connectivity index is 1.84. The maximum Gasteiger partial charge on any atom is 0.115 e. The van der Waals surface area contributed by atoms with Crippen molar-refractivity contribution in [1.82, 2.24) is 0 Å². The molecule has 4 rings (SSSR count). The first-order valence-electron chi connectivity index (χ1n) is 8.25. The molecule has 0 aliphatic carbocycles. The fourth-order valence-corrected chi connectivity index (χ4v) is 3.34. The summed E-state index contributed by atoms with van der Waals surface area (Å²) in [6, 6.07) is 26.7. The number of hydrogen-bond acceptors (Lipinski definition) is 2. The second kappa shape index (κ2) is 5.81. The molecule has 24 heavy (non-hydrogen) atoms. The maximum absolute atomic E-state index is 9.65. The molecule has 2 heteroatoms. The van der Waals surface area contributed by atoms with Crippen LogP contribution >= 0.6 is 0 Å². The number of hydrogen-bond donors (Lipinski definition) is 1. The average molecular weight is 316 g/mol. The first-order chi connectivity index (χ1) is 11.7. The Labute approximate surface area is 142 Å². The van der Waals surface area contributed by atoms with Gasteiger partial charge in [0, 0.05) is 5.41 Å². The summed E-state index contributed by atoms with van der Waals surface area (Å²) >= 11 is 0. The second-order valence-corrected chi connectivity index (χ2v) is 6.48. The zero-order valence-electron chi connectivity index (χ0n) is 13.6. The lowest BCUT2D eigenvalue weighted by Crippen LogP contribution is -2.25. The largest absolute Gasteiger partial charge is 0.508 e. The quantitative estimate of drug-likeness (QED) is 0.553. The minimum atomic E-state index is -0.280. The summed E-state index contributed by atoms with van der Waals surface area (Å²) in [5.74, 6) is 0.287. The van der Waals surface area contributed by atoms with Crippen LogP contribution in [0.25, 0.3) is 0 Å². The topological polar surface area (TPSA) is 32.8 Å². The normalized spacial score (nSPS) is 18.8. The number of ether oxygens (including phenoxy) is 1. The molecule has 0 spiro atoms. The van der Waals surface area contributed by atoms with Gasteiger partial charge in [0.25, 0.3) is 0 Å². The van der Waals surface area contributed by atoms with Gasteiger partial charge in [0.2, 0.25) is 0 Å². The van der Waals surface area contributed by atoms with E-state index in [2.05, 4.69) is 55.5 Å². The smallest absolute Gasteiger partial charge is 0.115 e. The molecule has 0 amide bonds. The van der Waals surface area contributed by atoms with Gasteiger partial charge in [-0.3, -0.25) is 0 Å². The third-order valence-electron chi connectivity index (χ3n) is 4.99. The molecule has 120 valence electrons. The molecule has 0 aromatic heterocycles. The Bertz CT molecular complexity index is 818. The van der Waals surface area contributed by atoms with Crippen LogP contribution in [-0.4, -0.2) is 11.7 Å². The van der Waals surface area contributed by atoms with Crippen molar-refractivity contribution >= 4 is 0 Å². The van der Waals surface area contributed by atoms with Gasteiger partial charge >= 0.3 is 0 Å². The Kier molecular flexibility index (Phi) is 3.62. The van der Waals surface area contributed by atoms with Crippen LogP contribution in [0.2, 0.25) is 0 Å². The lowest BCUT2D eigenvalue weighted by molar-refractivity contribution is 0.415. The zero-order valence-corrected chi connectivity index (χ0v) is 13.6. The van der Waals surface area contributed by atoms with Crippen LogP contribution in [0.5, 0.6) is 5.75 Å². The minimum Gasteiger partial charge on any atom is -0.508 e. The number of epoxide rings is 1. The molecule has 1 aliphatic heterocycles. The highest BCUT2D eigenvalue weighted by Gasteiger charge is 2.32. The fourth-order valence-electron chi connectivity index (χ4n) is 3.34. The summed E-state index contributed by atoms with van der Waals surface area (Å²) in [5, 5.41) is 9.65. The van der Waals surface area contributed by atoms with Gasteiger partial charge in [0.1, 0.15) is 11.9 Å². The molecule has 3 aromatic rings. The van der Waals surface area contributed by atoms with Crippen molar-refractivity contribution in [3.63, 3.8) is 0 Å². The van der Waals surface area contributed by atoms with Gasteiger partial charge in [-0.1, -0.05) is 66.7 Å². The molecule has 0 radical (unpaired) electrons. The minimum absolute atomic E-state index is 0.274. The van der Waals surface area contributed by atoms with Crippen molar-refractivity contribution < 1.29 is 9.84 Å². The van der Waals surface area contributed by atoms with Gasteiger partial charge < -0.3 is 9.84 Å². The van der Waals surface area contributed by atoms with Crippen molar-refractivity contribution in [2.75, 3.05) is 6.61 Å². The Morgan fingerprint density at radius 3 is 1.83 bits per heavy atom. The number of rotatable bonds is 4. The predicted octanol–water partition coefficient (Wildman–Crippen LogP) is 4.82. The molecule has 1 saturated heterocycles. The van der Waals surface area contributed by atoms with Crippen LogP contribution in [0.3, 0.4) is 0 Å². The second-order valence-electron chi connectivity index (χ2n) is 6.48. The van der Waals surface area contributed by atoms with Gasteiger partial charge in [-0.15, -0.1) is 0 Å². The van der Waals surface area contributed by atoms with Gasteiger partial charge in [-0.05, 0) is 41.3 Å². The lowest BCUT2D eigenvalue weighted by Gasteiger charge is -2.32. The molecular weight excluding hydrogens is 296 g/mol. The van der Waals surface area contributed by atoms with E-state index in [1.807, 2.05) is 18.2 Å². The van der Waals surface area contributed by atoms with Crippen molar-refractivity contribution in [3.05, 3.63) is 101 Å². The van der Waals surface area contributed by atoms with E-state index in [1.165, 1.54) is 16.7 Å². The maximum atomic E-state index is 9.65. The number of phenolic OH excluding ortho intramolecular Hbond substituents is 1. The highest BCUT2D eigenvalue weighted by atomic mass is 16.6. The number of phenols is 1. The molecule has 2 atom stereocenters. The molecule has 1 aliphatic rings. The molecular formula is C22H20O2. The van der Waals surface area contributed by atoms with E-state index in [-0.39, 0.29) is 17.3 Å². The SMILES string of the molecule is CC(c1ccccc1)(c1ccc(O)cc1)c1ccc(C2CO2)cc1. The van der Waals surface area contributed by atoms with Crippen LogP contribution in [0, 0.1) is 0 Å². The Morgan fingerprint density at radius 2 is 1.29 bits per heavy atom. The van der Waals surface area contributed by atoms with Crippen molar-refractivity contribution in [3.8, 4) is 5.75 Å². The summed E-state index contributed by atoms with van der Waals surface area (Å²) in [7, 11) is 0. The third kappa shape index (κ3) is 2.59. The number of benzene rings is 3. The third-order valence-corrected chi connectivity index (χ3v) is 4.99. The summed E-state index contributed by atoms with van der Waals surface area (Å²) in [4.78, 5) is 0. The van der Waals surface area contributed by atoms with Crippen molar-refractivity contribution in [2.24, 2.45) is 0 Å². The zero-order chi connectivity index (χ0) is 16.6. The van der Waals surface area contributed by atoms with Gasteiger partial charge in [0.05, 0.1) is 6.61 Å². The summed E-state index contributed by atoms with van der Waals surface area (Å²) < 4.78 is 5.37. The van der Waals surface area contributed by atoms with Crippen molar-refractivity contribution in [2.45, 2.75) is 18.4 Å². The van der Waals surface area contributed by atoms with Crippen LogP contribution in [0.4, 0.5) is 0 Å². The summed E-state index contributed by atoms with van der Waals surface area (Å²) in [5.41, 5.74) is 4.56. The van der Waals surface area contributed by atoms with Crippen LogP contribution in [0.15, 0.2) is 78.9 Å². The van der Waals surface area contributed by atoms with Gasteiger partial charge in [-0.25, -0.2) is 0 Å². The molecule has 1 heterocycles. The van der Waals surface area contributed by atoms with E-state index >= 15 is 0 Å². The standard InChI is InChI=1S/C22H20O2/c1-22(17-5-3-2-4-6-17,19-11-13-20(23)14-12-19)18-9-7-16(8-10-18)21-15-24-21/h2-14,21,23H,15H2,1H3. The van der Waals surface area contributed by atoms with E-state index < -0.39 is 0 Å². The van der Waals surface area contributed by atoms with E-state index in [1.54, 1.807) is 12.1 Å². The molecule has 3 aromatic carbocycles. The van der Waals surface area contributed by atoms with Crippen molar-refractivity contribution in [1.29, 1.82) is 0 Å². The molecule has 0 bridgehead atoms. The number of aromatic hydroxyl groups is 1. The summed E-state index contributed by atoms with van der Waals surface area (Å²) in [6.07, 6.45) is 0.274. The van der Waals surface area contributed by atoms with E-state index in [4.69, 9.17) is 4.74 Å². The summed E-state index contributed by atoms with van der Waals surface area (Å²) in [6.45, 7) is 3.06. The van der Waals surface area contributed by atoms with E-state index in [9.17, 15) is 5.11 Å².